The third kappa shape index (κ3) is 26.1. The zero-order valence-electron chi connectivity index (χ0n) is 31.5. The van der Waals surface area contributed by atoms with E-state index in [0.29, 0.717) is 0 Å². The Balaban J connectivity index is 0.000000698. The Labute approximate surface area is 312 Å². The Hall–Kier alpha value is -2.43. The molecule has 0 unspecified atom stereocenters. The van der Waals surface area contributed by atoms with Crippen molar-refractivity contribution in [3.05, 3.63) is 89.5 Å². The van der Waals surface area contributed by atoms with Crippen molar-refractivity contribution in [2.75, 3.05) is 0 Å². The molecule has 0 saturated heterocycles. The van der Waals surface area contributed by atoms with Gasteiger partial charge in [0.15, 0.2) is 0 Å². The third-order valence-corrected chi connectivity index (χ3v) is 9.07. The van der Waals surface area contributed by atoms with Gasteiger partial charge in [0.05, 0.1) is 0 Å². The predicted molar refractivity (Wildman–Crippen MR) is 203 cm³/mol. The Bertz CT molecular complexity index is 990. The molecule has 276 valence electrons. The van der Waals surface area contributed by atoms with Gasteiger partial charge in [0, 0.05) is 0 Å². The van der Waals surface area contributed by atoms with Gasteiger partial charge in [0.2, 0.25) is 0 Å². The van der Waals surface area contributed by atoms with Crippen LogP contribution < -0.4 is 15.3 Å². The van der Waals surface area contributed by atoms with Gasteiger partial charge in [-0.1, -0.05) is 226 Å². The number of hydrogen-bond donors (Lipinski definition) is 0. The average Bonchev–Trinajstić information content (AvgIpc) is 3.10. The molecule has 0 aliphatic carbocycles. The van der Waals surface area contributed by atoms with Crippen molar-refractivity contribution in [2.45, 2.75) is 175 Å². The molecule has 0 aliphatic heterocycles. The third-order valence-electron chi connectivity index (χ3n) is 9.07. The molecule has 3 rings (SSSR count). The first-order valence-electron chi connectivity index (χ1n) is 19.8. The number of rotatable bonds is 24. The second-order valence-corrected chi connectivity index (χ2v) is 13.4. The largest absolute Gasteiger partial charge is 3.00 e. The fourth-order valence-electron chi connectivity index (χ4n) is 5.95. The second kappa shape index (κ2) is 34.0. The molecule has 0 saturated carbocycles. The number of unbranched alkanes of at least 4 members (excludes halogenated alkanes) is 18. The van der Waals surface area contributed by atoms with E-state index in [1.165, 1.54) is 116 Å². The number of aryl methyl sites for hydroxylation is 3. The molecular formula is C45H69CoO3. The van der Waals surface area contributed by atoms with Crippen LogP contribution in [0.4, 0.5) is 0 Å². The van der Waals surface area contributed by atoms with E-state index in [0.717, 1.165) is 55.2 Å². The molecule has 0 aliphatic rings. The summed E-state index contributed by atoms with van der Waals surface area (Å²) in [5.41, 5.74) is 2.95. The summed E-state index contributed by atoms with van der Waals surface area (Å²) in [6.07, 6.45) is 30.3. The molecule has 0 heterocycles. The van der Waals surface area contributed by atoms with Gasteiger partial charge in [-0.3, -0.25) is 0 Å². The minimum atomic E-state index is 0. The van der Waals surface area contributed by atoms with E-state index in [1.807, 2.05) is 54.6 Å². The van der Waals surface area contributed by atoms with Crippen LogP contribution in [0, 0.1) is 0 Å². The summed E-state index contributed by atoms with van der Waals surface area (Å²) in [6, 6.07) is 22.2. The summed E-state index contributed by atoms with van der Waals surface area (Å²) in [5, 5.41) is 34.3. The molecule has 0 N–H and O–H groups in total. The average molecular weight is 717 g/mol. The zero-order valence-corrected chi connectivity index (χ0v) is 32.5. The van der Waals surface area contributed by atoms with E-state index >= 15 is 0 Å². The van der Waals surface area contributed by atoms with Gasteiger partial charge >= 0.3 is 16.8 Å². The van der Waals surface area contributed by atoms with E-state index < -0.39 is 0 Å². The van der Waals surface area contributed by atoms with Gasteiger partial charge < -0.3 is 15.3 Å². The molecule has 0 bridgehead atoms. The van der Waals surface area contributed by atoms with Crippen LogP contribution in [0.5, 0.6) is 17.2 Å². The van der Waals surface area contributed by atoms with Crippen LogP contribution >= 0.6 is 0 Å². The molecule has 0 spiro atoms. The Morgan fingerprint density at radius 2 is 0.510 bits per heavy atom. The molecule has 0 amide bonds. The van der Waals surface area contributed by atoms with Crippen LogP contribution in [0.3, 0.4) is 0 Å². The van der Waals surface area contributed by atoms with E-state index in [4.69, 9.17) is 0 Å². The quantitative estimate of drug-likeness (QED) is 0.0867. The van der Waals surface area contributed by atoms with Crippen LogP contribution in [-0.4, -0.2) is 0 Å². The molecule has 3 aromatic carbocycles. The summed E-state index contributed by atoms with van der Waals surface area (Å²) in [4.78, 5) is 0. The molecule has 0 atom stereocenters. The first-order valence-corrected chi connectivity index (χ1v) is 19.8. The normalized spacial score (nSPS) is 10.3. The molecule has 4 heteroatoms. The SMILES string of the molecule is CCCCCCCCCc1ccccc1[O-].CCCCCCCCCc1ccccc1[O-].CCCCCCCCCc1ccccc1[O-].[Co+3]. The molecule has 49 heavy (non-hydrogen) atoms. The monoisotopic (exact) mass is 716 g/mol. The van der Waals surface area contributed by atoms with Crippen molar-refractivity contribution in [1.29, 1.82) is 0 Å². The van der Waals surface area contributed by atoms with E-state index in [1.54, 1.807) is 18.2 Å². The Morgan fingerprint density at radius 1 is 0.306 bits per heavy atom. The fraction of sp³-hybridized carbons (Fsp3) is 0.600. The van der Waals surface area contributed by atoms with E-state index in [9.17, 15) is 15.3 Å². The van der Waals surface area contributed by atoms with Gasteiger partial charge in [-0.05, 0) is 38.5 Å². The molecule has 3 aromatic rings. The summed E-state index contributed by atoms with van der Waals surface area (Å²) >= 11 is 0. The Kier molecular flexibility index (Phi) is 32.3. The minimum absolute atomic E-state index is 0. The summed E-state index contributed by atoms with van der Waals surface area (Å²) in [6.45, 7) is 6.72. The van der Waals surface area contributed by atoms with Crippen molar-refractivity contribution >= 4 is 0 Å². The molecule has 3 nitrogen and oxygen atoms in total. The summed E-state index contributed by atoms with van der Waals surface area (Å²) in [5.74, 6) is 0.607. The minimum Gasteiger partial charge on any atom is -0.872 e. The summed E-state index contributed by atoms with van der Waals surface area (Å²) < 4.78 is 0. The van der Waals surface area contributed by atoms with Gasteiger partial charge in [0.25, 0.3) is 0 Å². The maximum Gasteiger partial charge on any atom is 3.00 e. The van der Waals surface area contributed by atoms with Crippen LogP contribution in [0.25, 0.3) is 0 Å². The smallest absolute Gasteiger partial charge is 0.872 e. The van der Waals surface area contributed by atoms with Crippen molar-refractivity contribution in [2.24, 2.45) is 0 Å². The first-order chi connectivity index (χ1) is 23.5. The molecule has 0 radical (unpaired) electrons. The van der Waals surface area contributed by atoms with E-state index in [2.05, 4.69) is 20.8 Å². The van der Waals surface area contributed by atoms with Gasteiger partial charge in [-0.25, -0.2) is 0 Å². The van der Waals surface area contributed by atoms with Crippen LogP contribution in [0.1, 0.15) is 172 Å². The Morgan fingerprint density at radius 3 is 0.735 bits per heavy atom. The fourth-order valence-corrected chi connectivity index (χ4v) is 5.95. The van der Waals surface area contributed by atoms with Crippen molar-refractivity contribution < 1.29 is 32.1 Å². The van der Waals surface area contributed by atoms with Crippen LogP contribution in [0.2, 0.25) is 0 Å². The van der Waals surface area contributed by atoms with Crippen LogP contribution in [-0.2, 0) is 36.0 Å². The van der Waals surface area contributed by atoms with Crippen LogP contribution in [0.15, 0.2) is 72.8 Å². The first kappa shape index (κ1) is 46.6. The molecule has 0 fully saturated rings. The van der Waals surface area contributed by atoms with Gasteiger partial charge in [0.1, 0.15) is 0 Å². The van der Waals surface area contributed by atoms with Crippen molar-refractivity contribution in [1.82, 2.24) is 0 Å². The van der Waals surface area contributed by atoms with Gasteiger partial charge in [-0.15, -0.1) is 17.2 Å². The standard InChI is InChI=1S/3C15H24O.Co/c3*1-2-3-4-5-6-7-8-11-14-12-9-10-13-15(14)16;/h3*9-10,12-13,16H,2-8,11H2,1H3;/q;;;+3/p-3. The van der Waals surface area contributed by atoms with E-state index in [-0.39, 0.29) is 34.0 Å². The summed E-state index contributed by atoms with van der Waals surface area (Å²) in [7, 11) is 0. The number of benzene rings is 3. The van der Waals surface area contributed by atoms with Crippen molar-refractivity contribution in [3.8, 4) is 17.2 Å². The maximum atomic E-state index is 11.4. The van der Waals surface area contributed by atoms with Crippen molar-refractivity contribution in [3.63, 3.8) is 0 Å². The second-order valence-electron chi connectivity index (χ2n) is 13.4. The predicted octanol–water partition coefficient (Wildman–Crippen LogP) is 12.2. The number of para-hydroxylation sites is 3. The van der Waals surface area contributed by atoms with Gasteiger partial charge in [-0.2, -0.15) is 0 Å². The number of hydrogen-bond acceptors (Lipinski definition) is 3. The molecule has 0 aromatic heterocycles. The topological polar surface area (TPSA) is 69.2 Å². The zero-order chi connectivity index (χ0) is 34.9. The molecular weight excluding hydrogens is 647 g/mol. The maximum absolute atomic E-state index is 11.4.